The minimum atomic E-state index is -0.917. The minimum Gasteiger partial charge on any atom is -0.387 e. The molecule has 0 bridgehead atoms. The van der Waals surface area contributed by atoms with Gasteiger partial charge in [-0.15, -0.1) is 0 Å². The monoisotopic (exact) mass is 334 g/mol. The number of hydrogen-bond acceptors (Lipinski definition) is 5. The van der Waals surface area contributed by atoms with Crippen molar-refractivity contribution in [3.8, 4) is 6.07 Å². The smallest absolute Gasteiger partial charge is 0.332 e. The molecule has 2 rings (SSSR count). The van der Waals surface area contributed by atoms with E-state index in [1.165, 1.54) is 14.1 Å². The third-order valence-electron chi connectivity index (χ3n) is 3.47. The minimum absolute atomic E-state index is 0.00939. The molecular formula is C15H15ClN4O3. The number of aromatic nitrogens is 2. The molecule has 1 heterocycles. The zero-order chi connectivity index (χ0) is 17.1. The molecule has 0 aliphatic heterocycles. The zero-order valence-corrected chi connectivity index (χ0v) is 13.3. The predicted molar refractivity (Wildman–Crippen MR) is 86.5 cm³/mol. The SMILES string of the molecule is Cn1c(NC[C@@H](O)c2cccc(Cl)c2)c(C#N)c(=O)n(C)c1=O. The first-order valence-electron chi connectivity index (χ1n) is 6.74. The van der Waals surface area contributed by atoms with E-state index in [4.69, 9.17) is 16.9 Å². The van der Waals surface area contributed by atoms with Gasteiger partial charge in [-0.05, 0) is 17.7 Å². The number of nitriles is 1. The molecule has 1 aromatic heterocycles. The van der Waals surface area contributed by atoms with E-state index in [-0.39, 0.29) is 17.9 Å². The Hall–Kier alpha value is -2.56. The van der Waals surface area contributed by atoms with Crippen molar-refractivity contribution in [3.63, 3.8) is 0 Å². The van der Waals surface area contributed by atoms with E-state index < -0.39 is 17.4 Å². The van der Waals surface area contributed by atoms with Crippen molar-refractivity contribution >= 4 is 17.4 Å². The van der Waals surface area contributed by atoms with Gasteiger partial charge in [-0.1, -0.05) is 23.7 Å². The van der Waals surface area contributed by atoms with Crippen molar-refractivity contribution in [2.24, 2.45) is 14.1 Å². The molecule has 0 radical (unpaired) electrons. The van der Waals surface area contributed by atoms with Gasteiger partial charge in [-0.2, -0.15) is 5.26 Å². The molecule has 0 unspecified atom stereocenters. The number of anilines is 1. The van der Waals surface area contributed by atoms with Crippen LogP contribution < -0.4 is 16.6 Å². The van der Waals surface area contributed by atoms with E-state index >= 15 is 0 Å². The van der Waals surface area contributed by atoms with Gasteiger partial charge in [0.05, 0.1) is 6.10 Å². The zero-order valence-electron chi connectivity index (χ0n) is 12.6. The van der Waals surface area contributed by atoms with Crippen molar-refractivity contribution in [2.45, 2.75) is 6.10 Å². The molecule has 0 fully saturated rings. The van der Waals surface area contributed by atoms with Gasteiger partial charge in [0, 0.05) is 25.7 Å². The largest absolute Gasteiger partial charge is 0.387 e. The Bertz CT molecular complexity index is 895. The number of benzene rings is 1. The van der Waals surface area contributed by atoms with E-state index in [0.29, 0.717) is 10.6 Å². The molecule has 0 aliphatic carbocycles. The van der Waals surface area contributed by atoms with Crippen molar-refractivity contribution in [1.29, 1.82) is 5.26 Å². The van der Waals surface area contributed by atoms with Crippen LogP contribution in [-0.4, -0.2) is 20.8 Å². The summed E-state index contributed by atoms with van der Waals surface area (Å²) in [5.74, 6) is 0.0710. The first-order chi connectivity index (χ1) is 10.9. The standard InChI is InChI=1S/C15H15ClN4O3/c1-19-13(11(7-17)14(22)20(2)15(19)23)18-8-12(21)9-4-3-5-10(16)6-9/h3-6,12,18,21H,8H2,1-2H3/t12-/m1/s1. The van der Waals surface area contributed by atoms with Crippen LogP contribution >= 0.6 is 11.6 Å². The fourth-order valence-electron chi connectivity index (χ4n) is 2.18. The van der Waals surface area contributed by atoms with Crippen LogP contribution in [0.4, 0.5) is 5.82 Å². The van der Waals surface area contributed by atoms with Crippen LogP contribution in [0.1, 0.15) is 17.2 Å². The summed E-state index contributed by atoms with van der Waals surface area (Å²) in [6, 6.07) is 8.49. The molecule has 2 N–H and O–H groups in total. The molecule has 1 atom stereocenters. The van der Waals surface area contributed by atoms with Crippen molar-refractivity contribution in [1.82, 2.24) is 9.13 Å². The van der Waals surface area contributed by atoms with E-state index in [9.17, 15) is 14.7 Å². The lowest BCUT2D eigenvalue weighted by Crippen LogP contribution is -2.40. The van der Waals surface area contributed by atoms with Crippen LogP contribution in [0.2, 0.25) is 5.02 Å². The van der Waals surface area contributed by atoms with Gasteiger partial charge in [0.2, 0.25) is 0 Å². The van der Waals surface area contributed by atoms with Crippen molar-refractivity contribution < 1.29 is 5.11 Å². The highest BCUT2D eigenvalue weighted by molar-refractivity contribution is 6.30. The molecule has 0 saturated heterocycles. The van der Waals surface area contributed by atoms with E-state index in [2.05, 4.69) is 5.32 Å². The average Bonchev–Trinajstić information content (AvgIpc) is 2.54. The van der Waals surface area contributed by atoms with Crippen LogP contribution in [0.5, 0.6) is 0 Å². The first-order valence-corrected chi connectivity index (χ1v) is 7.12. The quantitative estimate of drug-likeness (QED) is 0.859. The number of nitrogens with one attached hydrogen (secondary N) is 1. The second kappa shape index (κ2) is 6.69. The number of rotatable bonds is 4. The molecule has 1 aromatic carbocycles. The fourth-order valence-corrected chi connectivity index (χ4v) is 2.38. The summed E-state index contributed by atoms with van der Waals surface area (Å²) in [6.07, 6.45) is -0.917. The van der Waals surface area contributed by atoms with Crippen molar-refractivity contribution in [3.05, 3.63) is 61.3 Å². The summed E-state index contributed by atoms with van der Waals surface area (Å²) < 4.78 is 2.02. The van der Waals surface area contributed by atoms with Gasteiger partial charge in [0.1, 0.15) is 11.9 Å². The Morgan fingerprint density at radius 2 is 2.04 bits per heavy atom. The maximum atomic E-state index is 12.0. The van der Waals surface area contributed by atoms with E-state index in [1.54, 1.807) is 30.3 Å². The summed E-state index contributed by atoms with van der Waals surface area (Å²) in [5, 5.41) is 22.6. The number of halogens is 1. The second-order valence-electron chi connectivity index (χ2n) is 4.99. The number of nitrogens with zero attached hydrogens (tertiary/aromatic N) is 3. The fraction of sp³-hybridized carbons (Fsp3) is 0.267. The Labute approximate surface area is 137 Å². The molecular weight excluding hydrogens is 320 g/mol. The van der Waals surface area contributed by atoms with Gasteiger partial charge in [-0.3, -0.25) is 13.9 Å². The van der Waals surface area contributed by atoms with E-state index in [0.717, 1.165) is 9.13 Å². The Morgan fingerprint density at radius 1 is 1.35 bits per heavy atom. The average molecular weight is 335 g/mol. The Kier molecular flexibility index (Phi) is 4.89. The first kappa shape index (κ1) is 16.8. The number of aliphatic hydroxyl groups is 1. The highest BCUT2D eigenvalue weighted by atomic mass is 35.5. The summed E-state index contributed by atoms with van der Waals surface area (Å²) in [6.45, 7) is 0.00939. The van der Waals surface area contributed by atoms with Crippen LogP contribution in [-0.2, 0) is 14.1 Å². The maximum Gasteiger partial charge on any atom is 0.332 e. The third-order valence-corrected chi connectivity index (χ3v) is 3.71. The molecule has 120 valence electrons. The lowest BCUT2D eigenvalue weighted by atomic mass is 10.1. The predicted octanol–water partition coefficient (Wildman–Crippen LogP) is 0.755. The Morgan fingerprint density at radius 3 is 2.65 bits per heavy atom. The van der Waals surface area contributed by atoms with E-state index in [1.807, 2.05) is 0 Å². The van der Waals surface area contributed by atoms with Crippen LogP contribution in [0.3, 0.4) is 0 Å². The Balaban J connectivity index is 2.33. The second-order valence-corrected chi connectivity index (χ2v) is 5.43. The molecule has 0 amide bonds. The summed E-state index contributed by atoms with van der Waals surface area (Å²) in [4.78, 5) is 23.9. The topological polar surface area (TPSA) is 100 Å². The van der Waals surface area contributed by atoms with Gasteiger partial charge in [-0.25, -0.2) is 4.79 Å². The van der Waals surface area contributed by atoms with Gasteiger partial charge >= 0.3 is 5.69 Å². The van der Waals surface area contributed by atoms with Crippen LogP contribution in [0, 0.1) is 11.3 Å². The summed E-state index contributed by atoms with van der Waals surface area (Å²) in [7, 11) is 2.74. The van der Waals surface area contributed by atoms with Crippen LogP contribution in [0.25, 0.3) is 0 Å². The molecule has 7 nitrogen and oxygen atoms in total. The third kappa shape index (κ3) is 3.28. The molecule has 0 saturated carbocycles. The maximum absolute atomic E-state index is 12.0. The molecule has 23 heavy (non-hydrogen) atoms. The highest BCUT2D eigenvalue weighted by Crippen LogP contribution is 2.18. The summed E-state index contributed by atoms with van der Waals surface area (Å²) in [5.41, 5.74) is -0.852. The molecule has 8 heteroatoms. The number of hydrogen-bond donors (Lipinski definition) is 2. The number of aliphatic hydroxyl groups excluding tert-OH is 1. The van der Waals surface area contributed by atoms with Gasteiger partial charge < -0.3 is 10.4 Å². The van der Waals surface area contributed by atoms with Crippen molar-refractivity contribution in [2.75, 3.05) is 11.9 Å². The normalized spacial score (nSPS) is 11.8. The highest BCUT2D eigenvalue weighted by Gasteiger charge is 2.16. The molecule has 2 aromatic rings. The van der Waals surface area contributed by atoms with Crippen LogP contribution in [0.15, 0.2) is 33.9 Å². The van der Waals surface area contributed by atoms with Gasteiger partial charge in [0.15, 0.2) is 5.56 Å². The summed E-state index contributed by atoms with van der Waals surface area (Å²) >= 11 is 5.87. The molecule has 0 aliphatic rings. The lowest BCUT2D eigenvalue weighted by molar-refractivity contribution is 0.191. The van der Waals surface area contributed by atoms with Gasteiger partial charge in [0.25, 0.3) is 5.56 Å². The molecule has 0 spiro atoms. The lowest BCUT2D eigenvalue weighted by Gasteiger charge is -2.17.